The molecular formula is C36H55BF2N7O9S+. The lowest BCUT2D eigenvalue weighted by Gasteiger charge is -2.31. The summed E-state index contributed by atoms with van der Waals surface area (Å²) in [5.41, 5.74) is 2.95. The number of rotatable bonds is 21. The van der Waals surface area contributed by atoms with Crippen LogP contribution >= 0.6 is 0 Å². The average Bonchev–Trinajstić information content (AvgIpc) is 3.70. The summed E-state index contributed by atoms with van der Waals surface area (Å²) in [5, 5.41) is 5.42. The van der Waals surface area contributed by atoms with Crippen molar-refractivity contribution in [1.82, 2.24) is 25.1 Å². The molecule has 56 heavy (non-hydrogen) atoms. The van der Waals surface area contributed by atoms with Crippen LogP contribution in [0, 0.1) is 6.92 Å². The number of nitrogens with zero attached hydrogens (tertiary/aromatic N) is 5. The third-order valence-corrected chi connectivity index (χ3v) is 10.7. The predicted octanol–water partition coefficient (Wildman–Crippen LogP) is 1.79. The predicted molar refractivity (Wildman–Crippen MR) is 204 cm³/mol. The van der Waals surface area contributed by atoms with Crippen LogP contribution in [-0.2, 0) is 45.3 Å². The van der Waals surface area contributed by atoms with E-state index >= 15 is 8.63 Å². The van der Waals surface area contributed by atoms with Gasteiger partial charge in [0.2, 0.25) is 11.8 Å². The lowest BCUT2D eigenvalue weighted by Crippen LogP contribution is -2.52. The number of nitrogens with one attached hydrogen (secondary N) is 2. The van der Waals surface area contributed by atoms with E-state index < -0.39 is 58.5 Å². The summed E-state index contributed by atoms with van der Waals surface area (Å²) in [6, 6.07) is 0.179. The molecule has 4 amide bonds. The summed E-state index contributed by atoms with van der Waals surface area (Å²) >= 11 is 0. The zero-order valence-corrected chi connectivity index (χ0v) is 33.9. The minimum absolute atomic E-state index is 0.0192. The Hall–Kier alpha value is -4.27. The fraction of sp³-hybridized carbons (Fsp3) is 0.611. The van der Waals surface area contributed by atoms with Gasteiger partial charge in [0.1, 0.15) is 17.5 Å². The molecule has 0 radical (unpaired) electrons. The molecule has 16 nitrogen and oxygen atoms in total. The Labute approximate surface area is 326 Å². The summed E-state index contributed by atoms with van der Waals surface area (Å²) in [6.07, 6.45) is 6.29. The Morgan fingerprint density at radius 3 is 2.34 bits per heavy atom. The van der Waals surface area contributed by atoms with Gasteiger partial charge in [0.05, 0.1) is 27.7 Å². The molecule has 1 unspecified atom stereocenters. The highest BCUT2D eigenvalue weighted by Crippen LogP contribution is 2.37. The first-order chi connectivity index (χ1) is 26.1. The van der Waals surface area contributed by atoms with Gasteiger partial charge in [-0.25, -0.2) is 4.79 Å². The van der Waals surface area contributed by atoms with Gasteiger partial charge >= 0.3 is 12.9 Å². The van der Waals surface area contributed by atoms with Crippen LogP contribution in [0.5, 0.6) is 0 Å². The molecule has 0 aliphatic carbocycles. The molecule has 4 rings (SSSR count). The molecule has 310 valence electrons. The third-order valence-electron chi connectivity index (χ3n) is 9.93. The number of imide groups is 1. The SMILES string of the molecule is CC1=CC(CCC(=O)NC(CS(=O)(=O)O)C(=O)NCCN(C)CCCCCC(=O)ON2C(=O)CCC2=O)=[N+]2C1=Cc1c(CCC[N+](C)(C)C)cc(C)n1[B-]2(F)F. The normalized spacial score (nSPS) is 17.1. The number of unbranched alkanes of at least 4 members (excludes halogenated alkanes) is 2. The van der Waals surface area contributed by atoms with E-state index in [4.69, 9.17) is 4.84 Å². The minimum Gasteiger partial charge on any atom is -0.394 e. The molecule has 0 aromatic carbocycles. The maximum atomic E-state index is 16.3. The van der Waals surface area contributed by atoms with E-state index in [9.17, 15) is 36.9 Å². The quantitative estimate of drug-likeness (QED) is 0.0544. The Kier molecular flexibility index (Phi) is 14.6. The van der Waals surface area contributed by atoms with Crippen LogP contribution in [-0.4, -0.2) is 145 Å². The number of carbonyl (C=O) groups excluding carboxylic acids is 5. The highest BCUT2D eigenvalue weighted by atomic mass is 32.2. The maximum Gasteiger partial charge on any atom is 0.737 e. The van der Waals surface area contributed by atoms with Gasteiger partial charge in [0, 0.05) is 75.0 Å². The second kappa shape index (κ2) is 18.3. The fourth-order valence-corrected chi connectivity index (χ4v) is 7.78. The third kappa shape index (κ3) is 11.9. The molecule has 0 spiro atoms. The fourth-order valence-electron chi connectivity index (χ4n) is 7.12. The molecule has 1 saturated heterocycles. The van der Waals surface area contributed by atoms with Gasteiger partial charge < -0.3 is 42.5 Å². The van der Waals surface area contributed by atoms with Crippen molar-refractivity contribution < 1.29 is 59.4 Å². The van der Waals surface area contributed by atoms with Gasteiger partial charge in [-0.2, -0.15) is 8.42 Å². The minimum atomic E-state index is -4.69. The summed E-state index contributed by atoms with van der Waals surface area (Å²) in [4.78, 5) is 67.8. The Balaban J connectivity index is 1.27. The van der Waals surface area contributed by atoms with Crippen molar-refractivity contribution in [3.63, 3.8) is 0 Å². The lowest BCUT2D eigenvalue weighted by molar-refractivity contribution is -0.870. The first-order valence-corrected chi connectivity index (χ1v) is 20.5. The van der Waals surface area contributed by atoms with E-state index in [0.29, 0.717) is 66.5 Å². The summed E-state index contributed by atoms with van der Waals surface area (Å²) in [5.74, 6) is -4.42. The maximum absolute atomic E-state index is 16.3. The van der Waals surface area contributed by atoms with Gasteiger partial charge in [-0.1, -0.05) is 6.42 Å². The second-order valence-electron chi connectivity index (χ2n) is 15.8. The van der Waals surface area contributed by atoms with Gasteiger partial charge in [0.15, 0.2) is 5.70 Å². The molecule has 1 fully saturated rings. The summed E-state index contributed by atoms with van der Waals surface area (Å²) < 4.78 is 68.5. The number of carbonyl (C=O) groups is 5. The van der Waals surface area contributed by atoms with Gasteiger partial charge in [-0.3, -0.25) is 23.7 Å². The smallest absolute Gasteiger partial charge is 0.394 e. The molecule has 4 heterocycles. The number of aryl methyl sites for hydroxylation is 2. The van der Waals surface area contributed by atoms with Gasteiger partial charge in [-0.15, -0.1) is 5.06 Å². The molecule has 1 aromatic rings. The van der Waals surface area contributed by atoms with Crippen LogP contribution in [0.1, 0.15) is 81.7 Å². The largest absolute Gasteiger partial charge is 0.737 e. The van der Waals surface area contributed by atoms with E-state index in [-0.39, 0.29) is 44.4 Å². The average molecular weight is 811 g/mol. The zero-order chi connectivity index (χ0) is 41.6. The summed E-state index contributed by atoms with van der Waals surface area (Å²) in [6.45, 7) is 0.997. The number of fused-ring (bicyclic) bond motifs is 2. The lowest BCUT2D eigenvalue weighted by atomic mass is 9.89. The van der Waals surface area contributed by atoms with Gasteiger partial charge in [0.25, 0.3) is 21.9 Å². The van der Waals surface area contributed by atoms with Crippen molar-refractivity contribution in [3.05, 3.63) is 40.4 Å². The van der Waals surface area contributed by atoms with Crippen molar-refractivity contribution in [3.8, 4) is 0 Å². The van der Waals surface area contributed by atoms with E-state index in [2.05, 4.69) is 31.8 Å². The second-order valence-corrected chi connectivity index (χ2v) is 17.3. The number of aromatic nitrogens is 1. The number of halogens is 2. The molecule has 0 bridgehead atoms. The molecular weight excluding hydrogens is 755 g/mol. The van der Waals surface area contributed by atoms with E-state index in [1.165, 1.54) is 0 Å². The molecule has 1 aromatic heterocycles. The highest BCUT2D eigenvalue weighted by molar-refractivity contribution is 7.85. The molecule has 3 aliphatic rings. The summed E-state index contributed by atoms with van der Waals surface area (Å²) in [7, 11) is 3.35. The number of quaternary nitrogens is 1. The molecule has 3 aliphatic heterocycles. The van der Waals surface area contributed by atoms with Crippen LogP contribution < -0.4 is 10.6 Å². The van der Waals surface area contributed by atoms with Crippen LogP contribution in [0.3, 0.4) is 0 Å². The van der Waals surface area contributed by atoms with Crippen molar-refractivity contribution in [2.75, 3.05) is 60.1 Å². The topological polar surface area (TPSA) is 187 Å². The van der Waals surface area contributed by atoms with Crippen LogP contribution in [0.4, 0.5) is 8.63 Å². The van der Waals surface area contributed by atoms with Crippen molar-refractivity contribution in [2.24, 2.45) is 0 Å². The number of likely N-dealkylation sites (N-methyl/N-ethyl adjacent to an activating group) is 1. The van der Waals surface area contributed by atoms with Crippen LogP contribution in [0.25, 0.3) is 6.08 Å². The van der Waals surface area contributed by atoms with Crippen molar-refractivity contribution >= 4 is 58.5 Å². The number of hydrogen-bond acceptors (Lipinski definition) is 9. The monoisotopic (exact) mass is 810 g/mol. The number of amides is 4. The van der Waals surface area contributed by atoms with Crippen molar-refractivity contribution in [2.45, 2.75) is 84.1 Å². The number of hydroxylamine groups is 2. The van der Waals surface area contributed by atoms with E-state index in [0.717, 1.165) is 32.0 Å². The Morgan fingerprint density at radius 2 is 1.70 bits per heavy atom. The standard InChI is InChI=1S/C36H54BF2N7O9S/c1-25-21-28(44-30(25)23-31-27(11-10-20-46(4,5)6)22-26(2)43(31)37(44,38)39)13-14-32(47)41-29(24-56(52,53)54)36(51)40-17-19-42(3)18-9-7-8-12-35(50)55-45-33(48)15-16-34(45)49/h21-23,29H,7-20,24H2,1-6H3,(H2-,40,41,47,51,52,53,54)/p+1. The highest BCUT2D eigenvalue weighted by Gasteiger charge is 2.53. The molecule has 1 atom stereocenters. The van der Waals surface area contributed by atoms with Crippen LogP contribution in [0.2, 0.25) is 0 Å². The van der Waals surface area contributed by atoms with E-state index in [1.807, 2.05) is 11.0 Å². The Morgan fingerprint density at radius 1 is 1.02 bits per heavy atom. The first-order valence-electron chi connectivity index (χ1n) is 18.9. The number of allylic oxidation sites excluding steroid dienone is 2. The zero-order valence-electron chi connectivity index (χ0n) is 33.1. The van der Waals surface area contributed by atoms with Crippen LogP contribution in [0.15, 0.2) is 23.4 Å². The molecule has 20 heteroatoms. The number of hydrogen-bond donors (Lipinski definition) is 3. The van der Waals surface area contributed by atoms with E-state index in [1.54, 1.807) is 33.0 Å². The van der Waals surface area contributed by atoms with Crippen molar-refractivity contribution in [1.29, 1.82) is 0 Å². The first kappa shape index (κ1) is 44.4. The Bertz CT molecular complexity index is 1910. The molecule has 3 N–H and O–H groups in total. The molecule has 0 saturated carbocycles. The van der Waals surface area contributed by atoms with Gasteiger partial charge in [-0.05, 0) is 64.0 Å².